The highest BCUT2D eigenvalue weighted by Gasteiger charge is 2.18. The lowest BCUT2D eigenvalue weighted by Gasteiger charge is -2.12. The van der Waals surface area contributed by atoms with Crippen molar-refractivity contribution in [3.63, 3.8) is 0 Å². The second-order valence-corrected chi connectivity index (χ2v) is 5.14. The van der Waals surface area contributed by atoms with Gasteiger partial charge >= 0.3 is 0 Å². The molecule has 1 unspecified atom stereocenters. The third kappa shape index (κ3) is 2.99. The Balaban J connectivity index is 1.85. The van der Waals surface area contributed by atoms with Crippen molar-refractivity contribution in [3.8, 4) is 0 Å². The first-order chi connectivity index (χ1) is 9.31. The number of hydrogen-bond donors (Lipinski definition) is 1. The van der Waals surface area contributed by atoms with E-state index in [0.717, 1.165) is 30.2 Å². The van der Waals surface area contributed by atoms with Crippen LogP contribution in [-0.4, -0.2) is 16.5 Å². The van der Waals surface area contributed by atoms with Crippen LogP contribution in [0.4, 0.5) is 0 Å². The molecule has 3 nitrogen and oxygen atoms in total. The van der Waals surface area contributed by atoms with Gasteiger partial charge < -0.3 is 5.32 Å². The van der Waals surface area contributed by atoms with Gasteiger partial charge in [0.2, 0.25) is 0 Å². The van der Waals surface area contributed by atoms with Crippen molar-refractivity contribution in [1.82, 2.24) is 15.3 Å². The Kier molecular flexibility index (Phi) is 3.56. The van der Waals surface area contributed by atoms with Gasteiger partial charge in [0.25, 0.3) is 0 Å². The third-order valence-corrected chi connectivity index (χ3v) is 3.56. The molecule has 3 heteroatoms. The lowest BCUT2D eigenvalue weighted by Crippen LogP contribution is -2.15. The van der Waals surface area contributed by atoms with Gasteiger partial charge in [0.1, 0.15) is 5.82 Å². The molecule has 1 saturated heterocycles. The first-order valence-electron chi connectivity index (χ1n) is 6.93. The van der Waals surface area contributed by atoms with E-state index in [2.05, 4.69) is 45.6 Å². The van der Waals surface area contributed by atoms with E-state index in [1.807, 2.05) is 13.0 Å². The highest BCUT2D eigenvalue weighted by Crippen LogP contribution is 2.22. The zero-order chi connectivity index (χ0) is 13.1. The first kappa shape index (κ1) is 12.3. The maximum absolute atomic E-state index is 4.58. The number of rotatable bonds is 3. The van der Waals surface area contributed by atoms with E-state index < -0.39 is 0 Å². The SMILES string of the molecule is Cc1nc(Cc2ccccc2)cc(C2CCCN2)n1. The van der Waals surface area contributed by atoms with Crippen LogP contribution in [0.1, 0.15) is 41.7 Å². The van der Waals surface area contributed by atoms with Crippen molar-refractivity contribution < 1.29 is 0 Å². The number of hydrogen-bond acceptors (Lipinski definition) is 3. The van der Waals surface area contributed by atoms with E-state index in [0.29, 0.717) is 6.04 Å². The van der Waals surface area contributed by atoms with Crippen LogP contribution >= 0.6 is 0 Å². The minimum atomic E-state index is 0.413. The fourth-order valence-corrected chi connectivity index (χ4v) is 2.67. The Morgan fingerprint density at radius 2 is 2.05 bits per heavy atom. The molecule has 1 N–H and O–H groups in total. The summed E-state index contributed by atoms with van der Waals surface area (Å²) >= 11 is 0. The molecule has 2 aromatic rings. The molecular formula is C16H19N3. The predicted octanol–water partition coefficient (Wildman–Crippen LogP) is 2.80. The van der Waals surface area contributed by atoms with Crippen molar-refractivity contribution >= 4 is 0 Å². The minimum absolute atomic E-state index is 0.413. The van der Waals surface area contributed by atoms with Crippen molar-refractivity contribution in [2.24, 2.45) is 0 Å². The van der Waals surface area contributed by atoms with Gasteiger partial charge in [0.15, 0.2) is 0 Å². The molecule has 0 spiro atoms. The number of benzene rings is 1. The zero-order valence-electron chi connectivity index (χ0n) is 11.3. The quantitative estimate of drug-likeness (QED) is 0.914. The van der Waals surface area contributed by atoms with Crippen LogP contribution < -0.4 is 5.32 Å². The van der Waals surface area contributed by atoms with Crippen LogP contribution in [-0.2, 0) is 6.42 Å². The maximum Gasteiger partial charge on any atom is 0.125 e. The van der Waals surface area contributed by atoms with Crippen molar-refractivity contribution in [2.45, 2.75) is 32.2 Å². The van der Waals surface area contributed by atoms with Gasteiger partial charge in [-0.15, -0.1) is 0 Å². The van der Waals surface area contributed by atoms with Crippen LogP contribution in [0.5, 0.6) is 0 Å². The summed E-state index contributed by atoms with van der Waals surface area (Å²) in [6, 6.07) is 13.0. The molecule has 0 saturated carbocycles. The van der Waals surface area contributed by atoms with Gasteiger partial charge in [-0.1, -0.05) is 30.3 Å². The lowest BCUT2D eigenvalue weighted by atomic mass is 10.1. The fourth-order valence-electron chi connectivity index (χ4n) is 2.67. The topological polar surface area (TPSA) is 37.8 Å². The molecule has 0 aliphatic carbocycles. The first-order valence-corrected chi connectivity index (χ1v) is 6.93. The second-order valence-electron chi connectivity index (χ2n) is 5.14. The summed E-state index contributed by atoms with van der Waals surface area (Å²) in [5, 5.41) is 3.50. The molecular weight excluding hydrogens is 234 g/mol. The van der Waals surface area contributed by atoms with E-state index >= 15 is 0 Å². The minimum Gasteiger partial charge on any atom is -0.309 e. The van der Waals surface area contributed by atoms with Gasteiger partial charge in [-0.25, -0.2) is 9.97 Å². The molecule has 3 rings (SSSR count). The number of nitrogens with one attached hydrogen (secondary N) is 1. The molecule has 0 bridgehead atoms. The monoisotopic (exact) mass is 253 g/mol. The van der Waals surface area contributed by atoms with Gasteiger partial charge in [-0.3, -0.25) is 0 Å². The maximum atomic E-state index is 4.58. The van der Waals surface area contributed by atoms with Crippen LogP contribution in [0.25, 0.3) is 0 Å². The van der Waals surface area contributed by atoms with E-state index in [1.165, 1.54) is 18.4 Å². The van der Waals surface area contributed by atoms with Gasteiger partial charge in [0, 0.05) is 18.2 Å². The number of aromatic nitrogens is 2. The molecule has 1 aliphatic rings. The summed E-state index contributed by atoms with van der Waals surface area (Å²) in [4.78, 5) is 9.15. The molecule has 0 amide bonds. The molecule has 1 aliphatic heterocycles. The third-order valence-electron chi connectivity index (χ3n) is 3.56. The van der Waals surface area contributed by atoms with Crippen LogP contribution in [0.3, 0.4) is 0 Å². The number of aryl methyl sites for hydroxylation is 1. The Labute approximate surface area is 114 Å². The summed E-state index contributed by atoms with van der Waals surface area (Å²) in [5.74, 6) is 0.872. The molecule has 19 heavy (non-hydrogen) atoms. The zero-order valence-corrected chi connectivity index (χ0v) is 11.3. The molecule has 1 aromatic carbocycles. The van der Waals surface area contributed by atoms with Crippen LogP contribution in [0.15, 0.2) is 36.4 Å². The van der Waals surface area contributed by atoms with E-state index in [9.17, 15) is 0 Å². The smallest absolute Gasteiger partial charge is 0.125 e. The summed E-state index contributed by atoms with van der Waals surface area (Å²) < 4.78 is 0. The number of nitrogens with zero attached hydrogens (tertiary/aromatic N) is 2. The van der Waals surface area contributed by atoms with Gasteiger partial charge in [-0.2, -0.15) is 0 Å². The molecule has 1 aromatic heterocycles. The molecule has 98 valence electrons. The average molecular weight is 253 g/mol. The average Bonchev–Trinajstić information content (AvgIpc) is 2.93. The van der Waals surface area contributed by atoms with Crippen molar-refractivity contribution in [2.75, 3.05) is 6.54 Å². The van der Waals surface area contributed by atoms with Crippen molar-refractivity contribution in [1.29, 1.82) is 0 Å². The van der Waals surface area contributed by atoms with Crippen LogP contribution in [0, 0.1) is 6.92 Å². The fraction of sp³-hybridized carbons (Fsp3) is 0.375. The van der Waals surface area contributed by atoms with E-state index in [4.69, 9.17) is 0 Å². The van der Waals surface area contributed by atoms with Crippen molar-refractivity contribution in [3.05, 3.63) is 59.2 Å². The van der Waals surface area contributed by atoms with Gasteiger partial charge in [0.05, 0.1) is 5.69 Å². The summed E-state index contributed by atoms with van der Waals surface area (Å²) in [6.45, 7) is 3.08. The second kappa shape index (κ2) is 5.49. The summed E-state index contributed by atoms with van der Waals surface area (Å²) in [7, 11) is 0. The lowest BCUT2D eigenvalue weighted by molar-refractivity contribution is 0.620. The molecule has 1 fully saturated rings. The normalized spacial score (nSPS) is 18.7. The van der Waals surface area contributed by atoms with Gasteiger partial charge in [-0.05, 0) is 37.9 Å². The Bertz CT molecular complexity index is 545. The predicted molar refractivity (Wildman–Crippen MR) is 76.0 cm³/mol. The summed E-state index contributed by atoms with van der Waals surface area (Å²) in [6.07, 6.45) is 3.30. The standard InChI is InChI=1S/C16H19N3/c1-12-18-14(10-13-6-3-2-4-7-13)11-16(19-12)15-8-5-9-17-15/h2-4,6-7,11,15,17H,5,8-10H2,1H3. The highest BCUT2D eigenvalue weighted by atomic mass is 15.0. The Morgan fingerprint density at radius 3 is 2.79 bits per heavy atom. The summed E-state index contributed by atoms with van der Waals surface area (Å²) in [5.41, 5.74) is 3.56. The van der Waals surface area contributed by atoms with E-state index in [-0.39, 0.29) is 0 Å². The Hall–Kier alpha value is -1.74. The molecule has 0 radical (unpaired) electrons. The Morgan fingerprint density at radius 1 is 1.21 bits per heavy atom. The van der Waals surface area contributed by atoms with Crippen LogP contribution in [0.2, 0.25) is 0 Å². The highest BCUT2D eigenvalue weighted by molar-refractivity contribution is 5.24. The molecule has 2 heterocycles. The van der Waals surface area contributed by atoms with E-state index in [1.54, 1.807) is 0 Å². The largest absolute Gasteiger partial charge is 0.309 e. The molecule has 1 atom stereocenters.